The van der Waals surface area contributed by atoms with Crippen LogP contribution in [0.25, 0.3) is 22.2 Å². The number of hydrogen-bond acceptors (Lipinski definition) is 3. The lowest BCUT2D eigenvalue weighted by Crippen LogP contribution is -2.35. The van der Waals surface area contributed by atoms with E-state index in [1.807, 2.05) is 6.07 Å². The molecule has 3 aromatic carbocycles. The van der Waals surface area contributed by atoms with Gasteiger partial charge in [0.25, 0.3) is 0 Å². The highest BCUT2D eigenvalue weighted by Gasteiger charge is 2.38. The van der Waals surface area contributed by atoms with Crippen molar-refractivity contribution >= 4 is 28.5 Å². The number of carbonyl (C=O) groups is 1. The number of carboxylic acid groups (broad SMARTS) is 1. The average Bonchev–Trinajstić information content (AvgIpc) is 3.13. The van der Waals surface area contributed by atoms with Gasteiger partial charge in [-0.3, -0.25) is 4.68 Å². The first-order valence-corrected chi connectivity index (χ1v) is 10.8. The second kappa shape index (κ2) is 7.93. The SMILES string of the molecule is O=C(O)c1ccc(-c2nn(Cc3c(Cl)cccc3C3(O)CCC3)c3cccc(F)c23)c(F)c1. The van der Waals surface area contributed by atoms with Gasteiger partial charge in [-0.05, 0) is 66.8 Å². The number of aliphatic hydroxyl groups is 1. The molecule has 0 radical (unpaired) electrons. The first-order chi connectivity index (χ1) is 15.8. The number of hydrogen-bond donors (Lipinski definition) is 2. The highest BCUT2D eigenvalue weighted by molar-refractivity contribution is 6.31. The molecule has 1 aliphatic rings. The van der Waals surface area contributed by atoms with Gasteiger partial charge in [0.05, 0.1) is 28.6 Å². The minimum Gasteiger partial charge on any atom is -0.478 e. The molecule has 5 rings (SSSR count). The molecule has 168 valence electrons. The Morgan fingerprint density at radius 1 is 1.09 bits per heavy atom. The molecule has 4 aromatic rings. The second-order valence-electron chi connectivity index (χ2n) is 8.29. The van der Waals surface area contributed by atoms with Crippen LogP contribution in [0.1, 0.15) is 40.7 Å². The Bertz CT molecular complexity index is 1410. The number of nitrogens with zero attached hydrogens (tertiary/aromatic N) is 2. The fourth-order valence-corrected chi connectivity index (χ4v) is 4.66. The van der Waals surface area contributed by atoms with Crippen molar-refractivity contribution in [1.82, 2.24) is 9.78 Å². The zero-order chi connectivity index (χ0) is 23.3. The molecule has 1 aromatic heterocycles. The van der Waals surface area contributed by atoms with E-state index in [0.717, 1.165) is 12.5 Å². The van der Waals surface area contributed by atoms with Gasteiger partial charge in [0, 0.05) is 10.6 Å². The van der Waals surface area contributed by atoms with Crippen LogP contribution >= 0.6 is 11.6 Å². The third-order valence-electron chi connectivity index (χ3n) is 6.31. The average molecular weight is 469 g/mol. The molecule has 2 N–H and O–H groups in total. The van der Waals surface area contributed by atoms with Crippen molar-refractivity contribution in [3.05, 3.63) is 87.9 Å². The second-order valence-corrected chi connectivity index (χ2v) is 8.70. The molecular formula is C25H19ClF2N2O3. The Hall–Kier alpha value is -3.29. The van der Waals surface area contributed by atoms with Crippen LogP contribution in [-0.2, 0) is 12.1 Å². The summed E-state index contributed by atoms with van der Waals surface area (Å²) in [5.41, 5.74) is 0.686. The number of aromatic nitrogens is 2. The summed E-state index contributed by atoms with van der Waals surface area (Å²) in [6.07, 6.45) is 2.16. The molecule has 8 heteroatoms. The quantitative estimate of drug-likeness (QED) is 0.391. The van der Waals surface area contributed by atoms with Gasteiger partial charge in [-0.2, -0.15) is 5.10 Å². The van der Waals surface area contributed by atoms with Gasteiger partial charge in [-0.25, -0.2) is 13.6 Å². The topological polar surface area (TPSA) is 75.3 Å². The fraction of sp³-hybridized carbons (Fsp3) is 0.200. The van der Waals surface area contributed by atoms with E-state index in [1.54, 1.807) is 18.2 Å². The van der Waals surface area contributed by atoms with Crippen molar-refractivity contribution in [2.75, 3.05) is 0 Å². The van der Waals surface area contributed by atoms with Crippen molar-refractivity contribution in [2.24, 2.45) is 0 Å². The predicted octanol–water partition coefficient (Wildman–Crippen LogP) is 5.75. The monoisotopic (exact) mass is 468 g/mol. The van der Waals surface area contributed by atoms with E-state index in [0.29, 0.717) is 34.5 Å². The summed E-state index contributed by atoms with van der Waals surface area (Å²) in [6.45, 7) is 0.145. The van der Waals surface area contributed by atoms with Gasteiger partial charge in [0.1, 0.15) is 17.3 Å². The lowest BCUT2D eigenvalue weighted by atomic mass is 9.73. The fourth-order valence-electron chi connectivity index (χ4n) is 4.42. The Morgan fingerprint density at radius 3 is 2.52 bits per heavy atom. The molecule has 1 aliphatic carbocycles. The van der Waals surface area contributed by atoms with Crippen LogP contribution in [0.4, 0.5) is 8.78 Å². The predicted molar refractivity (Wildman–Crippen MR) is 120 cm³/mol. The van der Waals surface area contributed by atoms with Crippen molar-refractivity contribution in [2.45, 2.75) is 31.4 Å². The molecule has 1 fully saturated rings. The molecule has 5 nitrogen and oxygen atoms in total. The summed E-state index contributed by atoms with van der Waals surface area (Å²) in [6, 6.07) is 13.2. The molecule has 0 amide bonds. The van der Waals surface area contributed by atoms with Crippen LogP contribution in [0.3, 0.4) is 0 Å². The summed E-state index contributed by atoms with van der Waals surface area (Å²) >= 11 is 6.50. The van der Waals surface area contributed by atoms with E-state index in [1.165, 1.54) is 28.9 Å². The summed E-state index contributed by atoms with van der Waals surface area (Å²) in [5, 5.41) is 25.2. The molecule has 0 spiro atoms. The minimum atomic E-state index is -1.26. The lowest BCUT2D eigenvalue weighted by Gasteiger charge is -2.38. The molecule has 33 heavy (non-hydrogen) atoms. The van der Waals surface area contributed by atoms with Gasteiger partial charge in [-0.1, -0.05) is 29.8 Å². The van der Waals surface area contributed by atoms with Gasteiger partial charge in [0.2, 0.25) is 0 Å². The maximum Gasteiger partial charge on any atom is 0.335 e. The van der Waals surface area contributed by atoms with Crippen molar-refractivity contribution in [3.8, 4) is 11.3 Å². The first kappa shape index (κ1) is 21.6. The summed E-state index contributed by atoms with van der Waals surface area (Å²) in [4.78, 5) is 11.2. The first-order valence-electron chi connectivity index (χ1n) is 10.5. The van der Waals surface area contributed by atoms with Crippen LogP contribution in [0.15, 0.2) is 54.6 Å². The van der Waals surface area contributed by atoms with Crippen LogP contribution in [-0.4, -0.2) is 26.0 Å². The van der Waals surface area contributed by atoms with E-state index in [9.17, 15) is 18.7 Å². The number of rotatable bonds is 5. The summed E-state index contributed by atoms with van der Waals surface area (Å²) < 4.78 is 31.3. The number of fused-ring (bicyclic) bond motifs is 1. The normalized spacial score (nSPS) is 14.9. The Morgan fingerprint density at radius 2 is 1.85 bits per heavy atom. The minimum absolute atomic E-state index is 0.00847. The number of aromatic carboxylic acids is 1. The Labute approximate surface area is 192 Å². The molecule has 1 saturated carbocycles. The van der Waals surface area contributed by atoms with Crippen molar-refractivity contribution in [3.63, 3.8) is 0 Å². The van der Waals surface area contributed by atoms with E-state index in [2.05, 4.69) is 5.10 Å². The van der Waals surface area contributed by atoms with Crippen molar-refractivity contribution < 1.29 is 23.8 Å². The zero-order valence-electron chi connectivity index (χ0n) is 17.4. The van der Waals surface area contributed by atoms with E-state index < -0.39 is 23.2 Å². The zero-order valence-corrected chi connectivity index (χ0v) is 18.1. The molecule has 0 saturated heterocycles. The van der Waals surface area contributed by atoms with E-state index >= 15 is 0 Å². The highest BCUT2D eigenvalue weighted by atomic mass is 35.5. The van der Waals surface area contributed by atoms with Crippen LogP contribution in [0, 0.1) is 11.6 Å². The lowest BCUT2D eigenvalue weighted by molar-refractivity contribution is -0.0395. The Kier molecular flexibility index (Phi) is 5.18. The molecule has 1 heterocycles. The maximum absolute atomic E-state index is 14.9. The smallest absolute Gasteiger partial charge is 0.335 e. The van der Waals surface area contributed by atoms with Crippen LogP contribution < -0.4 is 0 Å². The molecule has 0 unspecified atom stereocenters. The van der Waals surface area contributed by atoms with Crippen LogP contribution in [0.5, 0.6) is 0 Å². The Balaban J connectivity index is 1.67. The number of benzene rings is 3. The number of halogens is 3. The third kappa shape index (κ3) is 3.57. The highest BCUT2D eigenvalue weighted by Crippen LogP contribution is 2.44. The van der Waals surface area contributed by atoms with E-state index in [-0.39, 0.29) is 28.8 Å². The summed E-state index contributed by atoms with van der Waals surface area (Å²) in [5.74, 6) is -2.65. The van der Waals surface area contributed by atoms with Gasteiger partial charge in [-0.15, -0.1) is 0 Å². The third-order valence-corrected chi connectivity index (χ3v) is 6.66. The number of carboxylic acids is 1. The van der Waals surface area contributed by atoms with Crippen molar-refractivity contribution in [1.29, 1.82) is 0 Å². The molecule has 0 aliphatic heterocycles. The molecule has 0 bridgehead atoms. The van der Waals surface area contributed by atoms with Gasteiger partial charge < -0.3 is 10.2 Å². The summed E-state index contributed by atoms with van der Waals surface area (Å²) in [7, 11) is 0. The van der Waals surface area contributed by atoms with Gasteiger partial charge >= 0.3 is 5.97 Å². The molecule has 0 atom stereocenters. The van der Waals surface area contributed by atoms with Gasteiger partial charge in [0.15, 0.2) is 0 Å². The molecular weight excluding hydrogens is 450 g/mol. The van der Waals surface area contributed by atoms with Crippen LogP contribution in [0.2, 0.25) is 5.02 Å². The van der Waals surface area contributed by atoms with E-state index in [4.69, 9.17) is 16.7 Å². The standard InChI is InChI=1S/C25H19ClF2N2O3/c26-18-5-1-4-17(25(33)10-3-11-25)16(18)13-30-21-7-2-6-19(27)22(21)23(29-30)15-9-8-14(24(31)32)12-20(15)28/h1-2,4-9,12,33H,3,10-11,13H2,(H,31,32). The maximum atomic E-state index is 14.9. The largest absolute Gasteiger partial charge is 0.478 e.